The molecular formula is C18H19N3O3. The summed E-state index contributed by atoms with van der Waals surface area (Å²) in [6.07, 6.45) is 5.61. The smallest absolute Gasteiger partial charge is 0.257 e. The average molecular weight is 325 g/mol. The van der Waals surface area contributed by atoms with E-state index in [0.29, 0.717) is 16.8 Å². The van der Waals surface area contributed by atoms with Gasteiger partial charge in [0.25, 0.3) is 11.8 Å². The summed E-state index contributed by atoms with van der Waals surface area (Å²) in [6, 6.07) is 9.83. The minimum atomic E-state index is -0.382. The van der Waals surface area contributed by atoms with E-state index in [0.717, 1.165) is 25.7 Å². The molecule has 1 heterocycles. The largest absolute Gasteiger partial charge is 0.349 e. The standard InChI is InChI=1S/C18H19N3O3/c22-16-10-9-12(11-19-16)17(23)21-15-8-4-3-7-14(15)18(24)20-13-5-1-2-6-13/h3-4,7-11,13H,1-2,5-6H2,(H,19,22)(H,20,24)(H,21,23). The molecule has 1 aromatic carbocycles. The summed E-state index contributed by atoms with van der Waals surface area (Å²) < 4.78 is 0. The van der Waals surface area contributed by atoms with E-state index in [1.807, 2.05) is 0 Å². The van der Waals surface area contributed by atoms with Gasteiger partial charge in [-0.2, -0.15) is 0 Å². The van der Waals surface area contributed by atoms with Crippen molar-refractivity contribution in [2.75, 3.05) is 5.32 Å². The van der Waals surface area contributed by atoms with Gasteiger partial charge in [-0.3, -0.25) is 14.4 Å². The lowest BCUT2D eigenvalue weighted by molar-refractivity contribution is 0.0939. The van der Waals surface area contributed by atoms with Gasteiger partial charge < -0.3 is 15.6 Å². The average Bonchev–Trinajstić information content (AvgIpc) is 3.09. The minimum absolute atomic E-state index is 0.181. The van der Waals surface area contributed by atoms with E-state index >= 15 is 0 Å². The van der Waals surface area contributed by atoms with Crippen molar-refractivity contribution in [2.45, 2.75) is 31.7 Å². The molecule has 6 heteroatoms. The highest BCUT2D eigenvalue weighted by molar-refractivity contribution is 6.08. The van der Waals surface area contributed by atoms with Gasteiger partial charge in [0.2, 0.25) is 5.56 Å². The van der Waals surface area contributed by atoms with Crippen LogP contribution in [0.3, 0.4) is 0 Å². The summed E-state index contributed by atoms with van der Waals surface area (Å²) >= 11 is 0. The Labute approximate surface area is 139 Å². The highest BCUT2D eigenvalue weighted by atomic mass is 16.2. The number of hydrogen-bond acceptors (Lipinski definition) is 3. The van der Waals surface area contributed by atoms with Crippen LogP contribution in [0.25, 0.3) is 0 Å². The molecule has 2 aromatic rings. The van der Waals surface area contributed by atoms with Crippen molar-refractivity contribution < 1.29 is 9.59 Å². The molecule has 6 nitrogen and oxygen atoms in total. The zero-order chi connectivity index (χ0) is 16.9. The number of aromatic amines is 1. The van der Waals surface area contributed by atoms with Gasteiger partial charge in [-0.1, -0.05) is 25.0 Å². The Kier molecular flexibility index (Phi) is 4.74. The molecule has 124 valence electrons. The Balaban J connectivity index is 1.75. The maximum absolute atomic E-state index is 12.5. The van der Waals surface area contributed by atoms with E-state index in [1.54, 1.807) is 24.3 Å². The van der Waals surface area contributed by atoms with Crippen molar-refractivity contribution in [1.29, 1.82) is 0 Å². The van der Waals surface area contributed by atoms with E-state index in [2.05, 4.69) is 15.6 Å². The van der Waals surface area contributed by atoms with Crippen LogP contribution in [0.15, 0.2) is 47.4 Å². The molecule has 0 atom stereocenters. The van der Waals surface area contributed by atoms with Gasteiger partial charge >= 0.3 is 0 Å². The molecule has 0 bridgehead atoms. The molecule has 0 radical (unpaired) electrons. The lowest BCUT2D eigenvalue weighted by atomic mass is 10.1. The van der Waals surface area contributed by atoms with E-state index in [1.165, 1.54) is 18.3 Å². The Bertz CT molecular complexity index is 787. The van der Waals surface area contributed by atoms with Crippen molar-refractivity contribution in [3.8, 4) is 0 Å². The molecule has 2 amide bonds. The van der Waals surface area contributed by atoms with Crippen LogP contribution in [0, 0.1) is 0 Å². The fraction of sp³-hybridized carbons (Fsp3) is 0.278. The zero-order valence-electron chi connectivity index (χ0n) is 13.2. The fourth-order valence-corrected chi connectivity index (χ4v) is 2.87. The number of H-pyrrole nitrogens is 1. The van der Waals surface area contributed by atoms with E-state index < -0.39 is 0 Å². The number of amides is 2. The molecule has 0 aliphatic heterocycles. The van der Waals surface area contributed by atoms with Crippen LogP contribution in [0.1, 0.15) is 46.4 Å². The van der Waals surface area contributed by atoms with Crippen LogP contribution in [-0.2, 0) is 0 Å². The molecule has 0 unspecified atom stereocenters. The van der Waals surface area contributed by atoms with Gasteiger partial charge in [0.05, 0.1) is 16.8 Å². The molecular weight excluding hydrogens is 306 g/mol. The normalized spacial score (nSPS) is 14.3. The SMILES string of the molecule is O=C(Nc1ccccc1C(=O)NC1CCCC1)c1ccc(=O)[nH]c1. The van der Waals surface area contributed by atoms with Crippen LogP contribution in [0.2, 0.25) is 0 Å². The molecule has 1 fully saturated rings. The van der Waals surface area contributed by atoms with Crippen LogP contribution in [0.5, 0.6) is 0 Å². The molecule has 0 saturated heterocycles. The third-order valence-corrected chi connectivity index (χ3v) is 4.16. The van der Waals surface area contributed by atoms with Gasteiger partial charge in [0.1, 0.15) is 0 Å². The van der Waals surface area contributed by atoms with Gasteiger partial charge in [-0.15, -0.1) is 0 Å². The van der Waals surface area contributed by atoms with Gasteiger partial charge in [0.15, 0.2) is 0 Å². The monoisotopic (exact) mass is 325 g/mol. The summed E-state index contributed by atoms with van der Waals surface area (Å²) in [6.45, 7) is 0. The van der Waals surface area contributed by atoms with E-state index in [9.17, 15) is 14.4 Å². The maximum atomic E-state index is 12.5. The quantitative estimate of drug-likeness (QED) is 0.805. The van der Waals surface area contributed by atoms with Crippen LogP contribution in [-0.4, -0.2) is 22.8 Å². The van der Waals surface area contributed by atoms with Crippen molar-refractivity contribution in [1.82, 2.24) is 10.3 Å². The first-order valence-corrected chi connectivity index (χ1v) is 8.03. The second kappa shape index (κ2) is 7.12. The highest BCUT2D eigenvalue weighted by Gasteiger charge is 2.20. The lowest BCUT2D eigenvalue weighted by Crippen LogP contribution is -2.33. The van der Waals surface area contributed by atoms with E-state index in [4.69, 9.17) is 0 Å². The summed E-state index contributed by atoms with van der Waals surface area (Å²) in [4.78, 5) is 38.3. The Morgan fingerprint density at radius 2 is 1.75 bits per heavy atom. The number of anilines is 1. The Morgan fingerprint density at radius 1 is 1.00 bits per heavy atom. The number of para-hydroxylation sites is 1. The van der Waals surface area contributed by atoms with Crippen LogP contribution >= 0.6 is 0 Å². The fourth-order valence-electron chi connectivity index (χ4n) is 2.87. The first kappa shape index (κ1) is 16.0. The van der Waals surface area contributed by atoms with Gasteiger partial charge in [-0.25, -0.2) is 0 Å². The Hall–Kier alpha value is -2.89. The van der Waals surface area contributed by atoms with Crippen molar-refractivity contribution >= 4 is 17.5 Å². The molecule has 1 saturated carbocycles. The number of carbonyl (C=O) groups is 2. The van der Waals surface area contributed by atoms with E-state index in [-0.39, 0.29) is 23.4 Å². The molecule has 1 aliphatic carbocycles. The maximum Gasteiger partial charge on any atom is 0.257 e. The molecule has 0 spiro atoms. The first-order chi connectivity index (χ1) is 11.6. The summed E-state index contributed by atoms with van der Waals surface area (Å²) in [5, 5.41) is 5.75. The second-order valence-corrected chi connectivity index (χ2v) is 5.90. The molecule has 24 heavy (non-hydrogen) atoms. The van der Waals surface area contributed by atoms with Crippen LogP contribution < -0.4 is 16.2 Å². The third kappa shape index (κ3) is 3.71. The van der Waals surface area contributed by atoms with Crippen molar-refractivity contribution in [3.63, 3.8) is 0 Å². The minimum Gasteiger partial charge on any atom is -0.349 e. The topological polar surface area (TPSA) is 91.1 Å². The number of pyridine rings is 1. The first-order valence-electron chi connectivity index (χ1n) is 8.03. The molecule has 1 aliphatic rings. The summed E-state index contributed by atoms with van der Waals surface area (Å²) in [7, 11) is 0. The lowest BCUT2D eigenvalue weighted by Gasteiger charge is -2.15. The number of hydrogen-bond donors (Lipinski definition) is 3. The number of rotatable bonds is 4. The third-order valence-electron chi connectivity index (χ3n) is 4.16. The predicted octanol–water partition coefficient (Wildman–Crippen LogP) is 2.30. The second-order valence-electron chi connectivity index (χ2n) is 5.90. The summed E-state index contributed by atoms with van der Waals surface area (Å²) in [5.41, 5.74) is 0.926. The van der Waals surface area contributed by atoms with Crippen LogP contribution in [0.4, 0.5) is 5.69 Å². The number of benzene rings is 1. The van der Waals surface area contributed by atoms with Gasteiger partial charge in [-0.05, 0) is 31.0 Å². The number of aromatic nitrogens is 1. The predicted molar refractivity (Wildman–Crippen MR) is 91.2 cm³/mol. The zero-order valence-corrected chi connectivity index (χ0v) is 13.2. The number of carbonyl (C=O) groups excluding carboxylic acids is 2. The van der Waals surface area contributed by atoms with Crippen molar-refractivity contribution in [3.05, 3.63) is 64.1 Å². The molecule has 3 N–H and O–H groups in total. The highest BCUT2D eigenvalue weighted by Crippen LogP contribution is 2.20. The molecule has 1 aromatic heterocycles. The number of nitrogens with one attached hydrogen (secondary N) is 3. The Morgan fingerprint density at radius 3 is 2.46 bits per heavy atom. The summed E-state index contributed by atoms with van der Waals surface area (Å²) in [5.74, 6) is -0.563. The van der Waals surface area contributed by atoms with Gasteiger partial charge in [0, 0.05) is 18.3 Å². The molecule has 3 rings (SSSR count). The van der Waals surface area contributed by atoms with Crippen molar-refractivity contribution in [2.24, 2.45) is 0 Å².